The summed E-state index contributed by atoms with van der Waals surface area (Å²) in [6.07, 6.45) is 52.4. The van der Waals surface area contributed by atoms with Crippen molar-refractivity contribution in [2.45, 2.75) is 200 Å². The molecule has 0 saturated heterocycles. The fraction of sp³-hybridized carbons (Fsp3) is 0.717. The van der Waals surface area contributed by atoms with Gasteiger partial charge in [0.15, 0.2) is 12.4 Å². The van der Waals surface area contributed by atoms with Crippen LogP contribution in [-0.4, -0.2) is 82.3 Å². The van der Waals surface area contributed by atoms with Crippen LogP contribution >= 0.6 is 0 Å². The van der Waals surface area contributed by atoms with E-state index in [1.54, 1.807) is 0 Å². The smallest absolute Gasteiger partial charge is 0.306 e. The molecule has 0 amide bonds. The largest absolute Gasteiger partial charge is 0.545 e. The molecular formula is C53H91NO8. The SMILES string of the molecule is CC/C=C\C/C=C\C/C=C\C/C=C\C/C=C\C/C=C\CCC(=O)OC(COC(=O)CCCCCCCCCCCCCCCCCCCC)COC(OCC[N+](C)(C)C)C(=O)[O-]. The molecule has 356 valence electrons. The van der Waals surface area contributed by atoms with Crippen LogP contribution < -0.4 is 5.11 Å². The van der Waals surface area contributed by atoms with Crippen molar-refractivity contribution < 1.29 is 42.9 Å². The topological polar surface area (TPSA) is 111 Å². The number of likely N-dealkylation sites (N-methyl/N-ethyl adjacent to an activating group) is 1. The Labute approximate surface area is 379 Å². The lowest BCUT2D eigenvalue weighted by atomic mass is 10.0. The second kappa shape index (κ2) is 44.3. The maximum absolute atomic E-state index is 12.7. The molecule has 2 atom stereocenters. The lowest BCUT2D eigenvalue weighted by Gasteiger charge is -2.26. The van der Waals surface area contributed by atoms with Crippen LogP contribution in [0.15, 0.2) is 72.9 Å². The Hall–Kier alpha value is -3.27. The third-order valence-corrected chi connectivity index (χ3v) is 10.2. The molecule has 0 saturated carbocycles. The Kier molecular flexibility index (Phi) is 42.0. The number of carboxylic acids is 1. The van der Waals surface area contributed by atoms with Crippen molar-refractivity contribution in [3.8, 4) is 0 Å². The van der Waals surface area contributed by atoms with E-state index in [9.17, 15) is 19.5 Å². The second-order valence-electron chi connectivity index (χ2n) is 17.4. The maximum Gasteiger partial charge on any atom is 0.306 e. The molecule has 62 heavy (non-hydrogen) atoms. The summed E-state index contributed by atoms with van der Waals surface area (Å²) in [5, 5.41) is 11.7. The summed E-state index contributed by atoms with van der Waals surface area (Å²) in [6, 6.07) is 0. The Bertz CT molecular complexity index is 1240. The first-order chi connectivity index (χ1) is 30.1. The molecule has 0 aliphatic carbocycles. The minimum absolute atomic E-state index is 0.121. The van der Waals surface area contributed by atoms with Crippen LogP contribution in [0.2, 0.25) is 0 Å². The van der Waals surface area contributed by atoms with Gasteiger partial charge in [-0.2, -0.15) is 0 Å². The number of quaternary nitrogens is 1. The van der Waals surface area contributed by atoms with E-state index >= 15 is 0 Å². The van der Waals surface area contributed by atoms with Crippen LogP contribution in [0.4, 0.5) is 0 Å². The summed E-state index contributed by atoms with van der Waals surface area (Å²) in [7, 11) is 5.88. The molecule has 0 aromatic carbocycles. The number of carboxylic acid groups (broad SMARTS) is 1. The molecule has 0 rings (SSSR count). The van der Waals surface area contributed by atoms with E-state index in [4.69, 9.17) is 18.9 Å². The fourth-order valence-corrected chi connectivity index (χ4v) is 6.44. The summed E-state index contributed by atoms with van der Waals surface area (Å²) in [5.41, 5.74) is 0. The van der Waals surface area contributed by atoms with E-state index in [0.29, 0.717) is 17.4 Å². The van der Waals surface area contributed by atoms with Crippen LogP contribution in [0.5, 0.6) is 0 Å². The fourth-order valence-electron chi connectivity index (χ4n) is 6.44. The molecule has 0 bridgehead atoms. The number of aliphatic carboxylic acids is 1. The van der Waals surface area contributed by atoms with E-state index in [1.165, 1.54) is 96.3 Å². The van der Waals surface area contributed by atoms with E-state index < -0.39 is 24.3 Å². The molecule has 9 nitrogen and oxygen atoms in total. The lowest BCUT2D eigenvalue weighted by Crippen LogP contribution is -2.44. The van der Waals surface area contributed by atoms with Crippen LogP contribution in [0.1, 0.15) is 187 Å². The zero-order chi connectivity index (χ0) is 45.6. The first kappa shape index (κ1) is 58.7. The molecule has 0 radical (unpaired) electrons. The van der Waals surface area contributed by atoms with Gasteiger partial charge in [0.25, 0.3) is 0 Å². The Morgan fingerprint density at radius 2 is 0.919 bits per heavy atom. The van der Waals surface area contributed by atoms with Crippen LogP contribution in [-0.2, 0) is 33.3 Å². The highest BCUT2D eigenvalue weighted by atomic mass is 16.7. The molecule has 0 fully saturated rings. The predicted molar refractivity (Wildman–Crippen MR) is 255 cm³/mol. The van der Waals surface area contributed by atoms with Gasteiger partial charge in [-0.15, -0.1) is 0 Å². The monoisotopic (exact) mass is 870 g/mol. The highest BCUT2D eigenvalue weighted by molar-refractivity contribution is 5.70. The van der Waals surface area contributed by atoms with E-state index in [0.717, 1.165) is 57.8 Å². The third kappa shape index (κ3) is 44.8. The van der Waals surface area contributed by atoms with Crippen molar-refractivity contribution in [3.05, 3.63) is 72.9 Å². The van der Waals surface area contributed by atoms with Crippen molar-refractivity contribution >= 4 is 17.9 Å². The normalized spacial score (nSPS) is 13.5. The van der Waals surface area contributed by atoms with Gasteiger partial charge < -0.3 is 33.3 Å². The summed E-state index contributed by atoms with van der Waals surface area (Å²) in [6.45, 7) is 4.54. The molecule has 0 heterocycles. The molecule has 9 heteroatoms. The lowest BCUT2D eigenvalue weighted by molar-refractivity contribution is -0.870. The number of carbonyl (C=O) groups is 3. The number of nitrogens with zero attached hydrogens (tertiary/aromatic N) is 1. The van der Waals surface area contributed by atoms with Crippen LogP contribution in [0, 0.1) is 0 Å². The van der Waals surface area contributed by atoms with E-state index in [1.807, 2.05) is 33.3 Å². The number of carbonyl (C=O) groups excluding carboxylic acids is 3. The van der Waals surface area contributed by atoms with Gasteiger partial charge in [0.05, 0.1) is 40.3 Å². The number of hydrogen-bond acceptors (Lipinski definition) is 8. The predicted octanol–water partition coefficient (Wildman–Crippen LogP) is 12.2. The second-order valence-corrected chi connectivity index (χ2v) is 17.4. The van der Waals surface area contributed by atoms with Crippen molar-refractivity contribution in [2.75, 3.05) is 47.5 Å². The van der Waals surface area contributed by atoms with Crippen molar-refractivity contribution in [2.24, 2.45) is 0 Å². The van der Waals surface area contributed by atoms with E-state index in [-0.39, 0.29) is 38.6 Å². The van der Waals surface area contributed by atoms with Crippen LogP contribution in [0.25, 0.3) is 0 Å². The summed E-state index contributed by atoms with van der Waals surface area (Å²) in [4.78, 5) is 37.1. The first-order valence-electron chi connectivity index (χ1n) is 24.6. The van der Waals surface area contributed by atoms with Crippen molar-refractivity contribution in [3.63, 3.8) is 0 Å². The molecule has 0 aromatic heterocycles. The Balaban J connectivity index is 4.49. The van der Waals surface area contributed by atoms with Crippen LogP contribution in [0.3, 0.4) is 0 Å². The highest BCUT2D eigenvalue weighted by Gasteiger charge is 2.21. The van der Waals surface area contributed by atoms with Gasteiger partial charge in [-0.1, -0.05) is 196 Å². The molecular weight excluding hydrogens is 779 g/mol. The van der Waals surface area contributed by atoms with Crippen molar-refractivity contribution in [1.82, 2.24) is 0 Å². The molecule has 0 aliphatic heterocycles. The van der Waals surface area contributed by atoms with Gasteiger partial charge >= 0.3 is 11.9 Å². The number of allylic oxidation sites excluding steroid dienone is 12. The molecule has 0 aliphatic rings. The summed E-state index contributed by atoms with van der Waals surface area (Å²) >= 11 is 0. The summed E-state index contributed by atoms with van der Waals surface area (Å²) < 4.78 is 22.5. The molecule has 0 aromatic rings. The number of ether oxygens (including phenoxy) is 4. The standard InChI is InChI=1S/C53H91NO8/c1-6-8-10-12-14-16-18-20-22-24-26-28-30-32-34-36-38-40-42-44-51(56)62-49(48-61-53(52(57)58)59-46-45-54(3,4)5)47-60-50(55)43-41-39-37-35-33-31-29-27-25-23-21-19-17-15-13-11-9-7-2/h8,10,14,16,20,22,26,28,32,34,38,40,49,53H,6-7,9,11-13,15,17-19,21,23-25,27,29-31,33,35-37,39,41-48H2,1-5H3/b10-8-,16-14-,22-20-,28-26-,34-32-,40-38-. The maximum atomic E-state index is 12.7. The van der Waals surface area contributed by atoms with Gasteiger partial charge in [0.2, 0.25) is 0 Å². The number of esters is 2. The number of unbranched alkanes of at least 4 members (excludes halogenated alkanes) is 17. The first-order valence-corrected chi connectivity index (χ1v) is 24.6. The van der Waals surface area contributed by atoms with Crippen molar-refractivity contribution in [1.29, 1.82) is 0 Å². The van der Waals surface area contributed by atoms with Gasteiger partial charge in [-0.25, -0.2) is 0 Å². The van der Waals surface area contributed by atoms with E-state index in [2.05, 4.69) is 74.6 Å². The quantitative estimate of drug-likeness (QED) is 0.0196. The zero-order valence-electron chi connectivity index (χ0n) is 40.2. The average Bonchev–Trinajstić information content (AvgIpc) is 3.23. The average molecular weight is 870 g/mol. The number of rotatable bonds is 44. The van der Waals surface area contributed by atoms with Gasteiger partial charge in [0.1, 0.15) is 13.2 Å². The minimum Gasteiger partial charge on any atom is -0.545 e. The zero-order valence-corrected chi connectivity index (χ0v) is 40.2. The third-order valence-electron chi connectivity index (χ3n) is 10.2. The Morgan fingerprint density at radius 3 is 1.34 bits per heavy atom. The summed E-state index contributed by atoms with van der Waals surface area (Å²) in [5.74, 6) is -2.40. The highest BCUT2D eigenvalue weighted by Crippen LogP contribution is 2.15. The molecule has 0 spiro atoms. The minimum atomic E-state index is -1.64. The Morgan fingerprint density at radius 1 is 0.500 bits per heavy atom. The van der Waals surface area contributed by atoms with Gasteiger partial charge in [-0.3, -0.25) is 9.59 Å². The number of hydrogen-bond donors (Lipinski definition) is 0. The van der Waals surface area contributed by atoms with Gasteiger partial charge in [0, 0.05) is 12.8 Å². The van der Waals surface area contributed by atoms with Gasteiger partial charge in [-0.05, 0) is 51.4 Å². The molecule has 0 N–H and O–H groups in total. The molecule has 2 unspecified atom stereocenters.